The van der Waals surface area contributed by atoms with Crippen LogP contribution in [0, 0.1) is 25.2 Å². The van der Waals surface area contributed by atoms with Crippen LogP contribution in [0.4, 0.5) is 14.6 Å². The lowest BCUT2D eigenvalue weighted by Crippen LogP contribution is -2.31. The van der Waals surface area contributed by atoms with E-state index in [9.17, 15) is 8.78 Å². The van der Waals surface area contributed by atoms with Crippen LogP contribution in [0.1, 0.15) is 40.8 Å². The van der Waals surface area contributed by atoms with E-state index in [4.69, 9.17) is 5.26 Å². The Morgan fingerprint density at radius 3 is 2.77 bits per heavy atom. The largest absolute Gasteiger partial charge is 0.362 e. The summed E-state index contributed by atoms with van der Waals surface area (Å²) in [6, 6.07) is 6.66. The summed E-state index contributed by atoms with van der Waals surface area (Å²) >= 11 is 0. The normalized spacial score (nSPS) is 20.4. The Morgan fingerprint density at radius 1 is 1.36 bits per heavy atom. The molecular weight excluding hydrogens is 286 g/mol. The van der Waals surface area contributed by atoms with E-state index in [1.807, 2.05) is 38.1 Å². The van der Waals surface area contributed by atoms with Crippen molar-refractivity contribution in [2.75, 3.05) is 5.32 Å². The maximum absolute atomic E-state index is 13.4. The van der Waals surface area contributed by atoms with Crippen molar-refractivity contribution >= 4 is 5.82 Å². The smallest absolute Gasteiger partial charge is 0.260 e. The molecule has 0 spiro atoms. The second kappa shape index (κ2) is 5.41. The third kappa shape index (κ3) is 2.33. The molecule has 114 valence electrons. The van der Waals surface area contributed by atoms with Crippen molar-refractivity contribution in [3.63, 3.8) is 0 Å². The summed E-state index contributed by atoms with van der Waals surface area (Å²) in [6.07, 6.45) is -0.957. The molecule has 4 nitrogen and oxygen atoms in total. The van der Waals surface area contributed by atoms with Crippen LogP contribution in [-0.4, -0.2) is 16.2 Å². The zero-order valence-electron chi connectivity index (χ0n) is 12.3. The first-order chi connectivity index (χ1) is 10.5. The molecule has 2 aromatic rings. The molecule has 22 heavy (non-hydrogen) atoms. The molecule has 2 unspecified atom stereocenters. The molecule has 6 heteroatoms. The summed E-state index contributed by atoms with van der Waals surface area (Å²) in [7, 11) is 0. The monoisotopic (exact) mass is 302 g/mol. The van der Waals surface area contributed by atoms with Gasteiger partial charge in [0.15, 0.2) is 0 Å². The minimum Gasteiger partial charge on any atom is -0.362 e. The van der Waals surface area contributed by atoms with Crippen LogP contribution in [0.15, 0.2) is 24.4 Å². The summed E-state index contributed by atoms with van der Waals surface area (Å²) in [5.74, 6) is 0.377. The lowest BCUT2D eigenvalue weighted by atomic mass is 9.94. The summed E-state index contributed by atoms with van der Waals surface area (Å²) in [5.41, 5.74) is 3.52. The van der Waals surface area contributed by atoms with Crippen LogP contribution in [0.25, 0.3) is 0 Å². The minimum atomic E-state index is -2.53. The number of hydrogen-bond acceptors (Lipinski definition) is 3. The standard InChI is InChI=1S/C16H16F2N4/c1-9-3-4-11(5-10(9)2)13-6-14(15(17)18)22-16(21-13)12(7-19)8-20-22/h3-5,8,13-15,21H,6H2,1-2H3. The molecule has 1 aromatic carbocycles. The minimum absolute atomic E-state index is 0.236. The Labute approximate surface area is 127 Å². The first-order valence-corrected chi connectivity index (χ1v) is 7.10. The molecular formula is C16H16F2N4. The molecule has 2 atom stereocenters. The van der Waals surface area contributed by atoms with E-state index in [1.165, 1.54) is 10.9 Å². The SMILES string of the molecule is Cc1ccc(C2CC(C(F)F)n3ncc(C#N)c3N2)cc1C. The molecule has 0 aliphatic carbocycles. The molecule has 0 fully saturated rings. The van der Waals surface area contributed by atoms with Crippen molar-refractivity contribution in [3.8, 4) is 6.07 Å². The number of aromatic nitrogens is 2. The fourth-order valence-corrected chi connectivity index (χ4v) is 2.82. The first-order valence-electron chi connectivity index (χ1n) is 7.10. The van der Waals surface area contributed by atoms with E-state index in [-0.39, 0.29) is 12.5 Å². The van der Waals surface area contributed by atoms with Crippen molar-refractivity contribution in [2.45, 2.75) is 38.8 Å². The topological polar surface area (TPSA) is 53.6 Å². The van der Waals surface area contributed by atoms with E-state index in [1.54, 1.807) is 0 Å². The fraction of sp³-hybridized carbons (Fsp3) is 0.375. The number of alkyl halides is 2. The molecule has 1 N–H and O–H groups in total. The maximum Gasteiger partial charge on any atom is 0.260 e. The predicted octanol–water partition coefficient (Wildman–Crippen LogP) is 3.73. The second-order valence-corrected chi connectivity index (χ2v) is 5.64. The Balaban J connectivity index is 2.02. The summed E-state index contributed by atoms with van der Waals surface area (Å²) < 4.78 is 28.0. The average Bonchev–Trinajstić information content (AvgIpc) is 2.91. The molecule has 0 radical (unpaired) electrons. The fourth-order valence-electron chi connectivity index (χ4n) is 2.82. The van der Waals surface area contributed by atoms with Gasteiger partial charge in [0, 0.05) is 0 Å². The number of nitrogens with one attached hydrogen (secondary N) is 1. The van der Waals surface area contributed by atoms with Crippen LogP contribution in [0.3, 0.4) is 0 Å². The van der Waals surface area contributed by atoms with E-state index < -0.39 is 12.5 Å². The first kappa shape index (κ1) is 14.5. The summed E-state index contributed by atoms with van der Waals surface area (Å²) in [6.45, 7) is 4.01. The van der Waals surface area contributed by atoms with Gasteiger partial charge in [0.1, 0.15) is 23.5 Å². The zero-order chi connectivity index (χ0) is 15.9. The summed E-state index contributed by atoms with van der Waals surface area (Å²) in [4.78, 5) is 0. The van der Waals surface area contributed by atoms with Gasteiger partial charge in [-0.3, -0.25) is 0 Å². The van der Waals surface area contributed by atoms with Gasteiger partial charge < -0.3 is 5.32 Å². The third-order valence-corrected chi connectivity index (χ3v) is 4.24. The van der Waals surface area contributed by atoms with E-state index in [0.29, 0.717) is 11.4 Å². The van der Waals surface area contributed by atoms with Crippen molar-refractivity contribution in [1.29, 1.82) is 5.26 Å². The number of nitrogens with zero attached hydrogens (tertiary/aromatic N) is 3. The number of nitriles is 1. The van der Waals surface area contributed by atoms with Crippen molar-refractivity contribution in [2.24, 2.45) is 0 Å². The number of fused-ring (bicyclic) bond motifs is 1. The Bertz CT molecular complexity index is 745. The second-order valence-electron chi connectivity index (χ2n) is 5.64. The number of rotatable bonds is 2. The van der Waals surface area contributed by atoms with Gasteiger partial charge in [0.2, 0.25) is 0 Å². The molecule has 2 heterocycles. The van der Waals surface area contributed by atoms with Gasteiger partial charge in [-0.25, -0.2) is 13.5 Å². The van der Waals surface area contributed by atoms with Crippen molar-refractivity contribution < 1.29 is 8.78 Å². The molecule has 0 amide bonds. The van der Waals surface area contributed by atoms with Gasteiger partial charge in [-0.05, 0) is 37.0 Å². The summed E-state index contributed by atoms with van der Waals surface area (Å²) in [5, 5.41) is 16.2. The Kier molecular flexibility index (Phi) is 3.57. The highest BCUT2D eigenvalue weighted by Gasteiger charge is 2.35. The number of aryl methyl sites for hydroxylation is 2. The van der Waals surface area contributed by atoms with Gasteiger partial charge in [0.05, 0.1) is 12.2 Å². The van der Waals surface area contributed by atoms with Crippen molar-refractivity contribution in [3.05, 3.63) is 46.6 Å². The van der Waals surface area contributed by atoms with E-state index in [2.05, 4.69) is 10.4 Å². The number of benzene rings is 1. The number of hydrogen-bond donors (Lipinski definition) is 1. The van der Waals surface area contributed by atoms with Gasteiger partial charge in [-0.2, -0.15) is 10.4 Å². The average molecular weight is 302 g/mol. The van der Waals surface area contributed by atoms with Crippen LogP contribution in [-0.2, 0) is 0 Å². The molecule has 1 aromatic heterocycles. The lowest BCUT2D eigenvalue weighted by Gasteiger charge is -2.32. The predicted molar refractivity (Wildman–Crippen MR) is 78.9 cm³/mol. The Morgan fingerprint density at radius 2 is 2.14 bits per heavy atom. The lowest BCUT2D eigenvalue weighted by molar-refractivity contribution is 0.0658. The molecule has 1 aliphatic rings. The maximum atomic E-state index is 13.4. The third-order valence-electron chi connectivity index (χ3n) is 4.24. The van der Waals surface area contributed by atoms with E-state index >= 15 is 0 Å². The van der Waals surface area contributed by atoms with Crippen molar-refractivity contribution in [1.82, 2.24) is 9.78 Å². The molecule has 1 aliphatic heterocycles. The van der Waals surface area contributed by atoms with Crippen LogP contribution >= 0.6 is 0 Å². The number of halogens is 2. The van der Waals surface area contributed by atoms with Crippen LogP contribution in [0.2, 0.25) is 0 Å². The highest BCUT2D eigenvalue weighted by molar-refractivity contribution is 5.54. The van der Waals surface area contributed by atoms with Crippen LogP contribution in [0.5, 0.6) is 0 Å². The quantitative estimate of drug-likeness (QED) is 0.919. The van der Waals surface area contributed by atoms with Gasteiger partial charge in [0.25, 0.3) is 6.43 Å². The van der Waals surface area contributed by atoms with Crippen LogP contribution < -0.4 is 5.32 Å². The van der Waals surface area contributed by atoms with Gasteiger partial charge in [-0.1, -0.05) is 18.2 Å². The van der Waals surface area contributed by atoms with Gasteiger partial charge >= 0.3 is 0 Å². The zero-order valence-corrected chi connectivity index (χ0v) is 12.3. The molecule has 0 saturated heterocycles. The highest BCUT2D eigenvalue weighted by atomic mass is 19.3. The number of anilines is 1. The molecule has 0 bridgehead atoms. The Hall–Kier alpha value is -2.42. The highest BCUT2D eigenvalue weighted by Crippen LogP contribution is 2.39. The van der Waals surface area contributed by atoms with Gasteiger partial charge in [-0.15, -0.1) is 0 Å². The molecule has 3 rings (SSSR count). The van der Waals surface area contributed by atoms with E-state index in [0.717, 1.165) is 16.7 Å². The molecule has 0 saturated carbocycles.